The van der Waals surface area contributed by atoms with Crippen LogP contribution in [-0.2, 0) is 29.9 Å². The van der Waals surface area contributed by atoms with Gasteiger partial charge in [0.15, 0.2) is 11.8 Å². The zero-order chi connectivity index (χ0) is 29.9. The van der Waals surface area contributed by atoms with E-state index in [0.29, 0.717) is 0 Å². The minimum Gasteiger partial charge on any atom is -0.462 e. The van der Waals surface area contributed by atoms with Crippen molar-refractivity contribution in [2.75, 3.05) is 13.3 Å². The fraction of sp³-hybridized carbons (Fsp3) is 0.542. The highest BCUT2D eigenvalue weighted by Gasteiger charge is 2.63. The summed E-state index contributed by atoms with van der Waals surface area (Å²) in [5.74, 6) is -0.733. The van der Waals surface area contributed by atoms with E-state index in [-0.39, 0.29) is 12.3 Å². The molecular weight excluding hydrogens is 554 g/mol. The fourth-order valence-corrected chi connectivity index (χ4v) is 5.56. The number of rotatable bonds is 12. The number of aliphatic hydroxyl groups is 2. The molecule has 0 saturated carbocycles. The molecule has 0 amide bonds. The van der Waals surface area contributed by atoms with Crippen molar-refractivity contribution in [2.45, 2.75) is 69.9 Å². The summed E-state index contributed by atoms with van der Waals surface area (Å²) in [6, 6.07) is 5.86. The Labute approximate surface area is 228 Å². The monoisotopic (exact) mass is 588 g/mol. The number of carbonyl (C=O) groups excluding carboxylic acids is 1. The fourth-order valence-electron chi connectivity index (χ4n) is 4.01. The summed E-state index contributed by atoms with van der Waals surface area (Å²) in [6.07, 6.45) is -3.17. The molecule has 6 atom stereocenters. The predicted molar refractivity (Wildman–Crippen MR) is 139 cm³/mol. The summed E-state index contributed by atoms with van der Waals surface area (Å²) in [6.45, 7) is 3.48. The summed E-state index contributed by atoms with van der Waals surface area (Å²) in [5.41, 5.74) is 0.000235. The summed E-state index contributed by atoms with van der Waals surface area (Å²) < 4.78 is 51.0. The molecule has 1 fully saturated rings. The molecule has 3 rings (SSSR count). The lowest BCUT2D eigenvalue weighted by atomic mass is 9.88. The maximum Gasteiger partial charge on any atom is 0.459 e. The number of benzene rings is 1. The third-order valence-electron chi connectivity index (χ3n) is 6.15. The Morgan fingerprint density at radius 3 is 2.48 bits per heavy atom. The van der Waals surface area contributed by atoms with Crippen LogP contribution in [0.25, 0.3) is 0 Å². The van der Waals surface area contributed by atoms with Crippen LogP contribution >= 0.6 is 7.75 Å². The number of aliphatic hydroxyl groups excluding tert-OH is 1. The first-order chi connectivity index (χ1) is 18.7. The van der Waals surface area contributed by atoms with Gasteiger partial charge in [0.1, 0.15) is 30.2 Å². The van der Waals surface area contributed by atoms with Gasteiger partial charge in [0.25, 0.3) is 5.56 Å². The lowest BCUT2D eigenvalue weighted by Gasteiger charge is -2.32. The number of halogens is 1. The number of nitrogens with zero attached hydrogens (tertiary/aromatic N) is 1. The van der Waals surface area contributed by atoms with E-state index in [9.17, 15) is 33.6 Å². The Bertz CT molecular complexity index is 1350. The van der Waals surface area contributed by atoms with Gasteiger partial charge in [-0.05, 0) is 45.4 Å². The number of nitrogens with one attached hydrogen (secondary N) is 2. The van der Waals surface area contributed by atoms with Crippen molar-refractivity contribution in [1.29, 1.82) is 0 Å². The van der Waals surface area contributed by atoms with Crippen LogP contribution in [0.15, 0.2) is 46.1 Å². The predicted octanol–water partition coefficient (Wildman–Crippen LogP) is 0.478. The summed E-state index contributed by atoms with van der Waals surface area (Å²) >= 11 is 0. The van der Waals surface area contributed by atoms with Gasteiger partial charge in [-0.25, -0.2) is 13.8 Å². The molecule has 6 N–H and O–H groups in total. The van der Waals surface area contributed by atoms with Crippen molar-refractivity contribution in [1.82, 2.24) is 14.6 Å². The van der Waals surface area contributed by atoms with Gasteiger partial charge in [0, 0.05) is 18.8 Å². The Balaban J connectivity index is 1.92. The highest BCUT2D eigenvalue weighted by atomic mass is 31.2. The largest absolute Gasteiger partial charge is 0.462 e. The number of hydrogen-bond donors (Lipinski definition) is 5. The van der Waals surface area contributed by atoms with Crippen LogP contribution in [0.4, 0.5) is 4.39 Å². The molecule has 1 aliphatic heterocycles. The molecule has 0 radical (unpaired) electrons. The summed E-state index contributed by atoms with van der Waals surface area (Å²) in [5, 5.41) is 24.4. The van der Waals surface area contributed by atoms with Crippen molar-refractivity contribution in [3.63, 3.8) is 0 Å². The van der Waals surface area contributed by atoms with Crippen LogP contribution in [0.2, 0.25) is 0 Å². The smallest absolute Gasteiger partial charge is 0.459 e. The van der Waals surface area contributed by atoms with Crippen molar-refractivity contribution in [3.8, 4) is 5.75 Å². The summed E-state index contributed by atoms with van der Waals surface area (Å²) in [4.78, 5) is 38.2. The molecule has 1 aromatic heterocycles. The van der Waals surface area contributed by atoms with E-state index in [1.807, 2.05) is 4.98 Å². The Hall–Kier alpha value is -2.91. The molecule has 2 heterocycles. The van der Waals surface area contributed by atoms with Gasteiger partial charge in [-0.1, -0.05) is 12.1 Å². The maximum atomic E-state index is 14.6. The third kappa shape index (κ3) is 6.86. The number of ether oxygens (including phenoxy) is 2. The van der Waals surface area contributed by atoms with Crippen LogP contribution in [0.3, 0.4) is 0 Å². The molecule has 1 aliphatic rings. The molecule has 222 valence electrons. The Kier molecular flexibility index (Phi) is 9.73. The topological polar surface area (TPSA) is 204 Å². The van der Waals surface area contributed by atoms with E-state index in [1.54, 1.807) is 26.0 Å². The molecule has 16 heteroatoms. The molecule has 1 saturated heterocycles. The van der Waals surface area contributed by atoms with Crippen molar-refractivity contribution >= 4 is 13.7 Å². The van der Waals surface area contributed by atoms with Crippen LogP contribution in [0.1, 0.15) is 39.5 Å². The lowest BCUT2D eigenvalue weighted by molar-refractivity contribution is -0.149. The highest BCUT2D eigenvalue weighted by molar-refractivity contribution is 7.52. The molecule has 1 aromatic carbocycles. The number of aromatic amines is 1. The Morgan fingerprint density at radius 2 is 1.93 bits per heavy atom. The van der Waals surface area contributed by atoms with Gasteiger partial charge in [0.05, 0.1) is 12.7 Å². The first-order valence-electron chi connectivity index (χ1n) is 12.3. The van der Waals surface area contributed by atoms with Crippen molar-refractivity contribution < 1.29 is 42.5 Å². The van der Waals surface area contributed by atoms with Gasteiger partial charge in [-0.3, -0.25) is 23.7 Å². The quantitative estimate of drug-likeness (QED) is 0.170. The van der Waals surface area contributed by atoms with Crippen LogP contribution in [0.5, 0.6) is 5.75 Å². The minimum absolute atomic E-state index is 0.0457. The zero-order valence-electron chi connectivity index (χ0n) is 22.4. The first-order valence-corrected chi connectivity index (χ1v) is 13.9. The molecule has 2 aromatic rings. The third-order valence-corrected chi connectivity index (χ3v) is 7.77. The van der Waals surface area contributed by atoms with E-state index in [1.165, 1.54) is 19.1 Å². The second-order valence-corrected chi connectivity index (χ2v) is 11.6. The second kappa shape index (κ2) is 12.3. The number of hydrogen-bond acceptors (Lipinski definition) is 11. The average molecular weight is 589 g/mol. The van der Waals surface area contributed by atoms with Gasteiger partial charge < -0.3 is 29.9 Å². The lowest BCUT2D eigenvalue weighted by Crippen LogP contribution is -2.53. The highest BCUT2D eigenvalue weighted by Crippen LogP contribution is 2.50. The molecule has 0 spiro atoms. The average Bonchev–Trinajstić information content (AvgIpc) is 3.08. The molecule has 0 bridgehead atoms. The van der Waals surface area contributed by atoms with E-state index in [2.05, 4.69) is 5.09 Å². The zero-order valence-corrected chi connectivity index (χ0v) is 23.3. The van der Waals surface area contributed by atoms with Crippen LogP contribution in [0, 0.1) is 0 Å². The maximum absolute atomic E-state index is 14.6. The van der Waals surface area contributed by atoms with Gasteiger partial charge in [-0.15, -0.1) is 0 Å². The molecule has 14 nitrogen and oxygen atoms in total. The first kappa shape index (κ1) is 31.6. The number of nitrogens with two attached hydrogens (primary N) is 1. The standard InChI is InChI=1S/C24H34FN4O10P/c1-14(2)37-19(31)15(3)28-40(35,39-17-7-5-16(11-26)6-8-17)36-13-24(12-25)20(32)23(4,34)21(38-24)29-10-9-18(30)27-22(29)33/h5-10,14-15,20-21,32,34H,11-13,26H2,1-4H3,(H,28,35)(H,27,30,33)/t15-,20-,21+,23+,24+,40+/m0/s1. The molecule has 40 heavy (non-hydrogen) atoms. The molecular formula is C24H34FN4O10P. The number of aromatic nitrogens is 2. The van der Waals surface area contributed by atoms with Gasteiger partial charge in [0.2, 0.25) is 0 Å². The second-order valence-electron chi connectivity index (χ2n) is 9.86. The normalized spacial score (nSPS) is 26.8. The Morgan fingerprint density at radius 1 is 1.27 bits per heavy atom. The molecule has 0 aliphatic carbocycles. The number of carbonyl (C=O) groups is 1. The van der Waals surface area contributed by atoms with Gasteiger partial charge in [-0.2, -0.15) is 5.09 Å². The van der Waals surface area contributed by atoms with Gasteiger partial charge >= 0.3 is 19.4 Å². The van der Waals surface area contributed by atoms with E-state index >= 15 is 0 Å². The SMILES string of the molecule is CC(C)OC(=O)[C@H](C)N[P@@](=O)(OC[C@@]1(CF)O[C@@H](n2ccc(=O)[nH]c2=O)[C@](C)(O)[C@@H]1O)Oc1ccc(CN)cc1. The minimum atomic E-state index is -4.54. The number of H-pyrrole nitrogens is 1. The molecule has 0 unspecified atom stereocenters. The van der Waals surface area contributed by atoms with Crippen molar-refractivity contribution in [3.05, 3.63) is 62.9 Å². The van der Waals surface area contributed by atoms with E-state index in [4.69, 9.17) is 24.3 Å². The van der Waals surface area contributed by atoms with Crippen LogP contribution in [-0.4, -0.2) is 68.5 Å². The van der Waals surface area contributed by atoms with Crippen LogP contribution < -0.4 is 26.6 Å². The van der Waals surface area contributed by atoms with E-state index in [0.717, 1.165) is 29.3 Å². The van der Waals surface area contributed by atoms with Crippen molar-refractivity contribution in [2.24, 2.45) is 5.73 Å². The number of alkyl halides is 1. The summed E-state index contributed by atoms with van der Waals surface area (Å²) in [7, 11) is -4.54. The van der Waals surface area contributed by atoms with E-state index < -0.39 is 73.9 Å². The number of esters is 1.